The van der Waals surface area contributed by atoms with Crippen LogP contribution in [0.2, 0.25) is 0 Å². The van der Waals surface area contributed by atoms with E-state index in [1.165, 1.54) is 0 Å². The number of aliphatic hydroxyl groups excluding tert-OH is 1. The molecule has 1 aliphatic heterocycles. The molecule has 6 nitrogen and oxygen atoms in total. The molecule has 0 bridgehead atoms. The first-order chi connectivity index (χ1) is 15.7. The molecule has 2 aromatic carbocycles. The lowest BCUT2D eigenvalue weighted by Crippen LogP contribution is -2.46. The van der Waals surface area contributed by atoms with Crippen LogP contribution in [0.3, 0.4) is 0 Å². The molecular formula is C26H32N2O4. The van der Waals surface area contributed by atoms with E-state index in [4.69, 9.17) is 19.6 Å². The van der Waals surface area contributed by atoms with Gasteiger partial charge in [-0.3, -0.25) is 4.79 Å². The number of nitrogens with zero attached hydrogens (tertiary/aromatic N) is 1. The van der Waals surface area contributed by atoms with Gasteiger partial charge < -0.3 is 19.9 Å². The second-order valence-corrected chi connectivity index (χ2v) is 7.81. The third kappa shape index (κ3) is 6.44. The summed E-state index contributed by atoms with van der Waals surface area (Å²) in [5.74, 6) is 1.07. The molecule has 3 rings (SSSR count). The molecule has 0 saturated heterocycles. The van der Waals surface area contributed by atoms with Gasteiger partial charge in [0.05, 0.1) is 6.61 Å². The summed E-state index contributed by atoms with van der Waals surface area (Å²) in [6.07, 6.45) is 6.97. The van der Waals surface area contributed by atoms with E-state index in [0.29, 0.717) is 31.9 Å². The van der Waals surface area contributed by atoms with E-state index in [2.05, 4.69) is 12.2 Å². The summed E-state index contributed by atoms with van der Waals surface area (Å²) in [4.78, 5) is 17.9. The van der Waals surface area contributed by atoms with E-state index in [-0.39, 0.29) is 19.1 Å². The maximum Gasteiger partial charge on any atom is 0.251 e. The third-order valence-corrected chi connectivity index (χ3v) is 5.24. The largest absolute Gasteiger partial charge is 0.494 e. The van der Waals surface area contributed by atoms with Crippen molar-refractivity contribution in [2.24, 2.45) is 4.99 Å². The minimum Gasteiger partial charge on any atom is -0.494 e. The van der Waals surface area contributed by atoms with E-state index in [1.54, 1.807) is 0 Å². The SMILES string of the molecule is CCCCNC(=O)[C@@]1(C/C=C/c2ccccc2)COC(c2ccc(OCCCO)cc2)=N1. The summed E-state index contributed by atoms with van der Waals surface area (Å²) in [7, 11) is 0. The molecule has 1 amide bonds. The summed E-state index contributed by atoms with van der Waals surface area (Å²) in [5.41, 5.74) is 0.897. The molecule has 0 radical (unpaired) electrons. The quantitative estimate of drug-likeness (QED) is 0.493. The number of amides is 1. The van der Waals surface area contributed by atoms with Crippen LogP contribution in [0.4, 0.5) is 0 Å². The average Bonchev–Trinajstić information content (AvgIpc) is 3.26. The Morgan fingerprint density at radius 3 is 2.69 bits per heavy atom. The van der Waals surface area contributed by atoms with Crippen molar-refractivity contribution in [1.82, 2.24) is 5.32 Å². The summed E-state index contributed by atoms with van der Waals surface area (Å²) < 4.78 is 11.5. The van der Waals surface area contributed by atoms with Gasteiger partial charge >= 0.3 is 0 Å². The molecule has 0 spiro atoms. The summed E-state index contributed by atoms with van der Waals surface area (Å²) >= 11 is 0. The summed E-state index contributed by atoms with van der Waals surface area (Å²) in [6.45, 7) is 3.49. The molecule has 1 atom stereocenters. The zero-order valence-corrected chi connectivity index (χ0v) is 18.6. The zero-order chi connectivity index (χ0) is 22.7. The Labute approximate surface area is 190 Å². The average molecular weight is 437 g/mol. The molecule has 1 heterocycles. The van der Waals surface area contributed by atoms with Gasteiger partial charge in [0.15, 0.2) is 5.54 Å². The highest BCUT2D eigenvalue weighted by molar-refractivity contribution is 6.00. The topological polar surface area (TPSA) is 80.2 Å². The highest BCUT2D eigenvalue weighted by Gasteiger charge is 2.43. The molecule has 0 unspecified atom stereocenters. The minimum absolute atomic E-state index is 0.101. The number of hydrogen-bond acceptors (Lipinski definition) is 5. The van der Waals surface area contributed by atoms with Crippen molar-refractivity contribution in [1.29, 1.82) is 0 Å². The summed E-state index contributed by atoms with van der Waals surface area (Å²) in [5, 5.41) is 11.9. The van der Waals surface area contributed by atoms with Crippen molar-refractivity contribution < 1.29 is 19.4 Å². The Hall–Kier alpha value is -3.12. The third-order valence-electron chi connectivity index (χ3n) is 5.24. The molecule has 0 saturated carbocycles. The number of benzene rings is 2. The first-order valence-corrected chi connectivity index (χ1v) is 11.2. The van der Waals surface area contributed by atoms with E-state index in [1.807, 2.05) is 66.7 Å². The normalized spacial score (nSPS) is 17.8. The number of aliphatic hydroxyl groups is 1. The molecule has 0 fully saturated rings. The van der Waals surface area contributed by atoms with E-state index < -0.39 is 5.54 Å². The van der Waals surface area contributed by atoms with Gasteiger partial charge in [-0.05, 0) is 36.2 Å². The van der Waals surface area contributed by atoms with Crippen LogP contribution >= 0.6 is 0 Å². The maximum absolute atomic E-state index is 13.1. The van der Waals surface area contributed by atoms with Crippen LogP contribution in [-0.2, 0) is 9.53 Å². The van der Waals surface area contributed by atoms with Gasteiger partial charge in [-0.25, -0.2) is 4.99 Å². The lowest BCUT2D eigenvalue weighted by Gasteiger charge is -2.21. The number of unbranched alkanes of at least 4 members (excludes halogenated alkanes) is 1. The number of nitrogens with one attached hydrogen (secondary N) is 1. The van der Waals surface area contributed by atoms with Crippen LogP contribution in [0.5, 0.6) is 5.75 Å². The van der Waals surface area contributed by atoms with Crippen molar-refractivity contribution >= 4 is 17.9 Å². The number of carbonyl (C=O) groups excluding carboxylic acids is 1. The second-order valence-electron chi connectivity index (χ2n) is 7.81. The number of aliphatic imine (C=N–C) groups is 1. The highest BCUT2D eigenvalue weighted by atomic mass is 16.5. The van der Waals surface area contributed by atoms with Crippen molar-refractivity contribution in [3.8, 4) is 5.75 Å². The molecule has 0 aliphatic carbocycles. The first-order valence-electron chi connectivity index (χ1n) is 11.2. The summed E-state index contributed by atoms with van der Waals surface area (Å²) in [6, 6.07) is 17.4. The van der Waals surface area contributed by atoms with Crippen LogP contribution in [0, 0.1) is 0 Å². The fraction of sp³-hybridized carbons (Fsp3) is 0.385. The zero-order valence-electron chi connectivity index (χ0n) is 18.6. The lowest BCUT2D eigenvalue weighted by molar-refractivity contribution is -0.126. The minimum atomic E-state index is -0.981. The van der Waals surface area contributed by atoms with Crippen LogP contribution in [0.25, 0.3) is 6.08 Å². The van der Waals surface area contributed by atoms with E-state index in [9.17, 15) is 4.79 Å². The van der Waals surface area contributed by atoms with Gasteiger partial charge in [-0.2, -0.15) is 0 Å². The maximum atomic E-state index is 13.1. The molecule has 6 heteroatoms. The Kier molecular flexibility index (Phi) is 8.87. The monoisotopic (exact) mass is 436 g/mol. The Morgan fingerprint density at radius 2 is 1.97 bits per heavy atom. The fourth-order valence-electron chi connectivity index (χ4n) is 3.35. The van der Waals surface area contributed by atoms with Crippen LogP contribution in [0.15, 0.2) is 65.7 Å². The smallest absolute Gasteiger partial charge is 0.251 e. The van der Waals surface area contributed by atoms with Gasteiger partial charge in [0.2, 0.25) is 5.90 Å². The predicted molar refractivity (Wildman–Crippen MR) is 127 cm³/mol. The van der Waals surface area contributed by atoms with Crippen LogP contribution in [-0.4, -0.2) is 48.8 Å². The molecular weight excluding hydrogens is 404 g/mol. The molecule has 2 N–H and O–H groups in total. The molecule has 0 aromatic heterocycles. The fourth-order valence-corrected chi connectivity index (χ4v) is 3.35. The number of hydrogen-bond donors (Lipinski definition) is 2. The Morgan fingerprint density at radius 1 is 1.19 bits per heavy atom. The molecule has 2 aromatic rings. The molecule has 1 aliphatic rings. The Bertz CT molecular complexity index is 909. The Balaban J connectivity index is 1.75. The van der Waals surface area contributed by atoms with E-state index >= 15 is 0 Å². The number of carbonyl (C=O) groups is 1. The van der Waals surface area contributed by atoms with Gasteiger partial charge in [0.1, 0.15) is 12.4 Å². The van der Waals surface area contributed by atoms with Crippen molar-refractivity contribution in [3.63, 3.8) is 0 Å². The first kappa shape index (κ1) is 23.5. The van der Waals surface area contributed by atoms with Crippen molar-refractivity contribution in [2.45, 2.75) is 38.1 Å². The van der Waals surface area contributed by atoms with Gasteiger partial charge in [-0.15, -0.1) is 0 Å². The van der Waals surface area contributed by atoms with Gasteiger partial charge in [0.25, 0.3) is 5.91 Å². The van der Waals surface area contributed by atoms with Gasteiger partial charge in [0, 0.05) is 31.6 Å². The van der Waals surface area contributed by atoms with Crippen LogP contribution in [0.1, 0.15) is 43.7 Å². The lowest BCUT2D eigenvalue weighted by atomic mass is 9.95. The number of rotatable bonds is 12. The standard InChI is InChI=1S/C26H32N2O4/c1-2-3-17-27-25(30)26(16-7-11-21-9-5-4-6-10-21)20-32-24(28-26)22-12-14-23(15-13-22)31-19-8-18-29/h4-7,9-15,29H,2-3,8,16-20H2,1H3,(H,27,30)/b11-7+/t26-/m1/s1. The predicted octanol–water partition coefficient (Wildman–Crippen LogP) is 3.98. The van der Waals surface area contributed by atoms with E-state index in [0.717, 1.165) is 29.7 Å². The van der Waals surface area contributed by atoms with Crippen molar-refractivity contribution in [3.05, 3.63) is 71.8 Å². The number of ether oxygens (including phenoxy) is 2. The van der Waals surface area contributed by atoms with Crippen molar-refractivity contribution in [2.75, 3.05) is 26.4 Å². The van der Waals surface area contributed by atoms with Gasteiger partial charge in [-0.1, -0.05) is 55.8 Å². The second kappa shape index (κ2) is 12.1. The highest BCUT2D eigenvalue weighted by Crippen LogP contribution is 2.28. The molecule has 170 valence electrons. The molecule has 32 heavy (non-hydrogen) atoms. The van der Waals surface area contributed by atoms with Crippen LogP contribution < -0.4 is 10.1 Å².